The Hall–Kier alpha value is -0.630. The molecule has 1 aliphatic rings. The molecule has 2 rings (SSSR count). The Balaban J connectivity index is 2.32. The molecule has 68 valence electrons. The van der Waals surface area contributed by atoms with Crippen LogP contribution in [-0.2, 0) is 10.2 Å². The summed E-state index contributed by atoms with van der Waals surface area (Å²) in [6.45, 7) is 2.15. The Morgan fingerprint density at radius 2 is 2.38 bits per heavy atom. The minimum atomic E-state index is 0.103. The van der Waals surface area contributed by atoms with Gasteiger partial charge >= 0.3 is 0 Å². The van der Waals surface area contributed by atoms with Gasteiger partial charge in [-0.15, -0.1) is 0 Å². The molecule has 0 radical (unpaired) electrons. The minimum Gasteiger partial charge on any atom is -0.303 e. The third-order valence-corrected chi connectivity index (χ3v) is 3.44. The highest BCUT2D eigenvalue weighted by Crippen LogP contribution is 2.52. The Labute approximate surface area is 86.3 Å². The van der Waals surface area contributed by atoms with Gasteiger partial charge in [-0.3, -0.25) is 0 Å². The maximum atomic E-state index is 10.6. The highest BCUT2D eigenvalue weighted by Gasteiger charge is 2.51. The molecular formula is C11H11BrO. The Bertz CT molecular complexity index is 348. The first-order valence-corrected chi connectivity index (χ1v) is 5.17. The predicted molar refractivity (Wildman–Crippen MR) is 55.7 cm³/mol. The highest BCUT2D eigenvalue weighted by atomic mass is 79.9. The van der Waals surface area contributed by atoms with Gasteiger partial charge in [-0.1, -0.05) is 35.0 Å². The van der Waals surface area contributed by atoms with Crippen molar-refractivity contribution >= 4 is 22.2 Å². The van der Waals surface area contributed by atoms with E-state index in [9.17, 15) is 4.79 Å². The molecule has 0 aliphatic heterocycles. The first-order chi connectivity index (χ1) is 6.16. The second kappa shape index (κ2) is 2.95. The largest absolute Gasteiger partial charge is 0.303 e. The van der Waals surface area contributed by atoms with Crippen LogP contribution in [0.5, 0.6) is 0 Å². The molecule has 0 amide bonds. The number of carbonyl (C=O) groups excluding carboxylic acids is 1. The fourth-order valence-corrected chi connectivity index (χ4v) is 2.17. The number of carbonyl (C=O) groups is 1. The van der Waals surface area contributed by atoms with Crippen molar-refractivity contribution in [3.05, 3.63) is 34.3 Å². The lowest BCUT2D eigenvalue weighted by Gasteiger charge is -2.09. The molecule has 1 fully saturated rings. The fourth-order valence-electron chi connectivity index (χ4n) is 1.77. The Kier molecular flexibility index (Phi) is 2.03. The monoisotopic (exact) mass is 238 g/mol. The lowest BCUT2D eigenvalue weighted by molar-refractivity contribution is -0.109. The van der Waals surface area contributed by atoms with Gasteiger partial charge < -0.3 is 4.79 Å². The van der Waals surface area contributed by atoms with Gasteiger partial charge in [-0.2, -0.15) is 0 Å². The summed E-state index contributed by atoms with van der Waals surface area (Å²) < 4.78 is 1.09. The standard InChI is InChI=1S/C11H11BrO/c1-11(6-9(11)7-13)8-3-2-4-10(12)5-8/h2-5,7,9H,6H2,1H3. The quantitative estimate of drug-likeness (QED) is 0.725. The van der Waals surface area contributed by atoms with Crippen molar-refractivity contribution in [1.82, 2.24) is 0 Å². The van der Waals surface area contributed by atoms with Crippen LogP contribution in [0.4, 0.5) is 0 Å². The van der Waals surface area contributed by atoms with Crippen LogP contribution < -0.4 is 0 Å². The van der Waals surface area contributed by atoms with E-state index >= 15 is 0 Å². The van der Waals surface area contributed by atoms with Gasteiger partial charge in [0.1, 0.15) is 6.29 Å². The number of hydrogen-bond acceptors (Lipinski definition) is 1. The molecule has 0 spiro atoms. The van der Waals surface area contributed by atoms with Crippen LogP contribution in [0.25, 0.3) is 0 Å². The van der Waals surface area contributed by atoms with E-state index in [-0.39, 0.29) is 11.3 Å². The topological polar surface area (TPSA) is 17.1 Å². The van der Waals surface area contributed by atoms with E-state index in [1.807, 2.05) is 12.1 Å². The Morgan fingerprint density at radius 1 is 1.62 bits per heavy atom. The molecule has 0 aromatic heterocycles. The van der Waals surface area contributed by atoms with Crippen LogP contribution in [0, 0.1) is 5.92 Å². The molecule has 2 atom stereocenters. The van der Waals surface area contributed by atoms with Crippen molar-refractivity contribution in [1.29, 1.82) is 0 Å². The normalized spacial score (nSPS) is 31.4. The number of aldehydes is 1. The molecule has 2 heteroatoms. The zero-order valence-electron chi connectivity index (χ0n) is 7.46. The van der Waals surface area contributed by atoms with Crippen LogP contribution in [0.3, 0.4) is 0 Å². The molecule has 1 nitrogen and oxygen atoms in total. The Morgan fingerprint density at radius 3 is 2.92 bits per heavy atom. The van der Waals surface area contributed by atoms with Crippen molar-refractivity contribution in [2.24, 2.45) is 5.92 Å². The van der Waals surface area contributed by atoms with Crippen molar-refractivity contribution in [3.8, 4) is 0 Å². The van der Waals surface area contributed by atoms with Gasteiger partial charge in [0.2, 0.25) is 0 Å². The molecule has 2 unspecified atom stereocenters. The van der Waals surface area contributed by atoms with Gasteiger partial charge in [0.15, 0.2) is 0 Å². The second-order valence-corrected chi connectivity index (χ2v) is 4.79. The number of benzene rings is 1. The van der Waals surface area contributed by atoms with Crippen LogP contribution in [0.1, 0.15) is 18.9 Å². The summed E-state index contributed by atoms with van der Waals surface area (Å²) in [5.74, 6) is 0.224. The zero-order chi connectivity index (χ0) is 9.47. The summed E-state index contributed by atoms with van der Waals surface area (Å²) in [5.41, 5.74) is 1.37. The molecular weight excluding hydrogens is 228 g/mol. The highest BCUT2D eigenvalue weighted by molar-refractivity contribution is 9.10. The van der Waals surface area contributed by atoms with E-state index in [4.69, 9.17) is 0 Å². The number of hydrogen-bond donors (Lipinski definition) is 0. The van der Waals surface area contributed by atoms with Gasteiger partial charge in [-0.05, 0) is 24.1 Å². The van der Waals surface area contributed by atoms with Crippen LogP contribution in [0.2, 0.25) is 0 Å². The first-order valence-electron chi connectivity index (χ1n) is 4.38. The zero-order valence-corrected chi connectivity index (χ0v) is 9.04. The average Bonchev–Trinajstić information content (AvgIpc) is 2.79. The van der Waals surface area contributed by atoms with Crippen LogP contribution >= 0.6 is 15.9 Å². The molecule has 0 saturated heterocycles. The third-order valence-electron chi connectivity index (χ3n) is 2.95. The number of rotatable bonds is 2. The number of halogens is 1. The maximum Gasteiger partial charge on any atom is 0.123 e. The summed E-state index contributed by atoms with van der Waals surface area (Å²) in [6, 6.07) is 8.22. The molecule has 1 aromatic rings. The van der Waals surface area contributed by atoms with Crippen molar-refractivity contribution < 1.29 is 4.79 Å². The molecule has 0 heterocycles. The molecule has 0 bridgehead atoms. The third kappa shape index (κ3) is 1.44. The predicted octanol–water partition coefficient (Wildman–Crippen LogP) is 2.93. The minimum absolute atomic E-state index is 0.103. The summed E-state index contributed by atoms with van der Waals surface area (Å²) in [7, 11) is 0. The second-order valence-electron chi connectivity index (χ2n) is 3.87. The van der Waals surface area contributed by atoms with E-state index in [2.05, 4.69) is 35.0 Å². The van der Waals surface area contributed by atoms with Crippen LogP contribution in [-0.4, -0.2) is 6.29 Å². The molecule has 1 saturated carbocycles. The van der Waals surface area contributed by atoms with E-state index in [0.29, 0.717) is 0 Å². The summed E-state index contributed by atoms with van der Waals surface area (Å²) in [4.78, 5) is 10.6. The van der Waals surface area contributed by atoms with Crippen LogP contribution in [0.15, 0.2) is 28.7 Å². The van der Waals surface area contributed by atoms with Crippen molar-refractivity contribution in [2.45, 2.75) is 18.8 Å². The van der Waals surface area contributed by atoms with Gasteiger partial charge in [0.25, 0.3) is 0 Å². The van der Waals surface area contributed by atoms with Crippen molar-refractivity contribution in [2.75, 3.05) is 0 Å². The van der Waals surface area contributed by atoms with Gasteiger partial charge in [-0.25, -0.2) is 0 Å². The average molecular weight is 239 g/mol. The van der Waals surface area contributed by atoms with E-state index in [1.165, 1.54) is 5.56 Å². The SMILES string of the molecule is CC1(c2cccc(Br)c2)CC1C=O. The fraction of sp³-hybridized carbons (Fsp3) is 0.364. The van der Waals surface area contributed by atoms with E-state index in [0.717, 1.165) is 17.2 Å². The van der Waals surface area contributed by atoms with E-state index < -0.39 is 0 Å². The molecule has 1 aromatic carbocycles. The first kappa shape index (κ1) is 8.95. The lowest BCUT2D eigenvalue weighted by Crippen LogP contribution is -2.04. The maximum absolute atomic E-state index is 10.6. The molecule has 13 heavy (non-hydrogen) atoms. The lowest BCUT2D eigenvalue weighted by atomic mass is 9.96. The van der Waals surface area contributed by atoms with E-state index in [1.54, 1.807) is 0 Å². The van der Waals surface area contributed by atoms with Gasteiger partial charge in [0.05, 0.1) is 0 Å². The summed E-state index contributed by atoms with van der Waals surface area (Å²) in [6.07, 6.45) is 2.06. The smallest absolute Gasteiger partial charge is 0.123 e. The molecule has 0 N–H and O–H groups in total. The van der Waals surface area contributed by atoms with Gasteiger partial charge in [0, 0.05) is 15.8 Å². The van der Waals surface area contributed by atoms with Crippen molar-refractivity contribution in [3.63, 3.8) is 0 Å². The summed E-state index contributed by atoms with van der Waals surface area (Å²) in [5, 5.41) is 0. The molecule has 1 aliphatic carbocycles. The summed E-state index contributed by atoms with van der Waals surface area (Å²) >= 11 is 3.44.